The Balaban J connectivity index is 2.33. The molecular formula is C10H9NO. The molecule has 1 aromatic carbocycles. The van der Waals surface area contributed by atoms with E-state index in [4.69, 9.17) is 0 Å². The van der Waals surface area contributed by atoms with Gasteiger partial charge in [0.15, 0.2) is 5.78 Å². The number of hydrogen-bond acceptors (Lipinski definition) is 2. The van der Waals surface area contributed by atoms with Crippen molar-refractivity contribution in [2.24, 2.45) is 0 Å². The molecule has 0 aliphatic carbocycles. The number of ketones is 1. The van der Waals surface area contributed by atoms with Gasteiger partial charge in [-0.05, 0) is 5.56 Å². The molecule has 0 amide bonds. The summed E-state index contributed by atoms with van der Waals surface area (Å²) in [5.41, 5.74) is 2.00. The first-order chi connectivity index (χ1) is 5.86. The summed E-state index contributed by atoms with van der Waals surface area (Å²) < 4.78 is 0. The zero-order valence-electron chi connectivity index (χ0n) is 6.58. The van der Waals surface area contributed by atoms with Crippen molar-refractivity contribution in [1.82, 2.24) is 5.32 Å². The third kappa shape index (κ3) is 1.23. The van der Waals surface area contributed by atoms with Gasteiger partial charge in [-0.1, -0.05) is 30.3 Å². The van der Waals surface area contributed by atoms with Crippen molar-refractivity contribution in [3.8, 4) is 0 Å². The van der Waals surface area contributed by atoms with Gasteiger partial charge in [0.25, 0.3) is 0 Å². The maximum absolute atomic E-state index is 10.9. The molecule has 1 heterocycles. The highest BCUT2D eigenvalue weighted by atomic mass is 16.1. The van der Waals surface area contributed by atoms with Crippen LogP contribution in [-0.4, -0.2) is 12.3 Å². The van der Waals surface area contributed by atoms with Crippen LogP contribution in [-0.2, 0) is 4.79 Å². The molecule has 1 aromatic rings. The molecule has 2 nitrogen and oxygen atoms in total. The number of carbonyl (C=O) groups excluding carboxylic acids is 1. The summed E-state index contributed by atoms with van der Waals surface area (Å²) in [6.07, 6.45) is 1.65. The first-order valence-electron chi connectivity index (χ1n) is 3.90. The molecule has 0 fully saturated rings. The lowest BCUT2D eigenvalue weighted by atomic mass is 10.1. The van der Waals surface area contributed by atoms with Crippen LogP contribution in [0.2, 0.25) is 0 Å². The van der Waals surface area contributed by atoms with E-state index in [1.54, 1.807) is 6.08 Å². The molecule has 0 spiro atoms. The lowest BCUT2D eigenvalue weighted by Gasteiger charge is -2.01. The van der Waals surface area contributed by atoms with Crippen LogP contribution in [0.1, 0.15) is 5.56 Å². The van der Waals surface area contributed by atoms with Crippen molar-refractivity contribution in [1.29, 1.82) is 0 Å². The average molecular weight is 159 g/mol. The number of nitrogens with one attached hydrogen (secondary N) is 1. The Morgan fingerprint density at radius 1 is 1.17 bits per heavy atom. The second kappa shape index (κ2) is 2.81. The quantitative estimate of drug-likeness (QED) is 0.667. The third-order valence-electron chi connectivity index (χ3n) is 1.84. The molecule has 0 unspecified atom stereocenters. The maximum atomic E-state index is 10.9. The molecule has 2 heteroatoms. The summed E-state index contributed by atoms with van der Waals surface area (Å²) in [5, 5.41) is 3.03. The van der Waals surface area contributed by atoms with E-state index in [-0.39, 0.29) is 5.78 Å². The van der Waals surface area contributed by atoms with Crippen LogP contribution in [0.4, 0.5) is 0 Å². The highest BCUT2D eigenvalue weighted by molar-refractivity contribution is 6.02. The topological polar surface area (TPSA) is 29.1 Å². The zero-order chi connectivity index (χ0) is 8.39. The van der Waals surface area contributed by atoms with Gasteiger partial charge in [-0.25, -0.2) is 0 Å². The first kappa shape index (κ1) is 7.10. The lowest BCUT2D eigenvalue weighted by molar-refractivity contribution is -0.113. The van der Waals surface area contributed by atoms with Crippen LogP contribution in [0.15, 0.2) is 36.4 Å². The van der Waals surface area contributed by atoms with Gasteiger partial charge in [0.05, 0.1) is 6.54 Å². The normalized spacial score (nSPS) is 15.7. The fraction of sp³-hybridized carbons (Fsp3) is 0.100. The van der Waals surface area contributed by atoms with Crippen LogP contribution >= 0.6 is 0 Å². The predicted octanol–water partition coefficient (Wildman–Crippen LogP) is 1.20. The van der Waals surface area contributed by atoms with E-state index in [9.17, 15) is 4.79 Å². The highest BCUT2D eigenvalue weighted by Gasteiger charge is 2.11. The van der Waals surface area contributed by atoms with Crippen molar-refractivity contribution < 1.29 is 4.79 Å². The molecule has 0 atom stereocenters. The fourth-order valence-corrected chi connectivity index (χ4v) is 1.25. The van der Waals surface area contributed by atoms with E-state index >= 15 is 0 Å². The molecule has 0 radical (unpaired) electrons. The van der Waals surface area contributed by atoms with Gasteiger partial charge in [0.1, 0.15) is 0 Å². The summed E-state index contributed by atoms with van der Waals surface area (Å²) in [6, 6.07) is 9.84. The van der Waals surface area contributed by atoms with Crippen LogP contribution in [0, 0.1) is 0 Å². The van der Waals surface area contributed by atoms with Gasteiger partial charge in [-0.15, -0.1) is 0 Å². The Labute approximate surface area is 70.9 Å². The van der Waals surface area contributed by atoms with Crippen molar-refractivity contribution in [3.05, 3.63) is 42.0 Å². The zero-order valence-corrected chi connectivity index (χ0v) is 6.58. The fourth-order valence-electron chi connectivity index (χ4n) is 1.25. The molecule has 0 saturated carbocycles. The minimum absolute atomic E-state index is 0.147. The number of carbonyl (C=O) groups is 1. The van der Waals surface area contributed by atoms with E-state index < -0.39 is 0 Å². The Morgan fingerprint density at radius 2 is 1.92 bits per heavy atom. The molecule has 1 aliphatic rings. The molecule has 1 aliphatic heterocycles. The summed E-state index contributed by atoms with van der Waals surface area (Å²) in [7, 11) is 0. The molecule has 1 N–H and O–H groups in total. The van der Waals surface area contributed by atoms with Gasteiger partial charge in [0, 0.05) is 11.8 Å². The average Bonchev–Trinajstić information content (AvgIpc) is 2.54. The van der Waals surface area contributed by atoms with Crippen molar-refractivity contribution in [3.63, 3.8) is 0 Å². The Hall–Kier alpha value is -1.57. The van der Waals surface area contributed by atoms with Crippen molar-refractivity contribution >= 4 is 11.5 Å². The number of rotatable bonds is 1. The summed E-state index contributed by atoms with van der Waals surface area (Å²) >= 11 is 0. The smallest absolute Gasteiger partial charge is 0.176 e. The van der Waals surface area contributed by atoms with E-state index in [0.717, 1.165) is 11.3 Å². The Morgan fingerprint density at radius 3 is 2.50 bits per heavy atom. The molecule has 0 aromatic heterocycles. The molecule has 0 saturated heterocycles. The van der Waals surface area contributed by atoms with E-state index in [2.05, 4.69) is 5.32 Å². The summed E-state index contributed by atoms with van der Waals surface area (Å²) in [4.78, 5) is 10.9. The second-order valence-electron chi connectivity index (χ2n) is 2.74. The van der Waals surface area contributed by atoms with Crippen LogP contribution < -0.4 is 5.32 Å². The molecule has 0 bridgehead atoms. The molecule has 12 heavy (non-hydrogen) atoms. The van der Waals surface area contributed by atoms with Crippen LogP contribution in [0.5, 0.6) is 0 Å². The predicted molar refractivity (Wildman–Crippen MR) is 47.4 cm³/mol. The molecule has 2 rings (SSSR count). The van der Waals surface area contributed by atoms with Crippen molar-refractivity contribution in [2.45, 2.75) is 0 Å². The van der Waals surface area contributed by atoms with E-state index in [1.165, 1.54) is 0 Å². The van der Waals surface area contributed by atoms with Gasteiger partial charge >= 0.3 is 0 Å². The SMILES string of the molecule is O=C1C=C(c2ccccc2)NC1. The standard InChI is InChI=1S/C10H9NO/c12-9-6-10(11-7-9)8-4-2-1-3-5-8/h1-6,11H,7H2. The largest absolute Gasteiger partial charge is 0.377 e. The molecular weight excluding hydrogens is 150 g/mol. The van der Waals surface area contributed by atoms with Crippen molar-refractivity contribution in [2.75, 3.05) is 6.54 Å². The minimum atomic E-state index is 0.147. The third-order valence-corrected chi connectivity index (χ3v) is 1.84. The van der Waals surface area contributed by atoms with Gasteiger partial charge in [-0.3, -0.25) is 4.79 Å². The van der Waals surface area contributed by atoms with Gasteiger partial charge in [0.2, 0.25) is 0 Å². The lowest BCUT2D eigenvalue weighted by Crippen LogP contribution is -2.10. The Kier molecular flexibility index (Phi) is 1.67. The monoisotopic (exact) mass is 159 g/mol. The summed E-state index contributed by atoms with van der Waals surface area (Å²) in [5.74, 6) is 0.147. The molecule has 60 valence electrons. The van der Waals surface area contributed by atoms with E-state index in [0.29, 0.717) is 6.54 Å². The highest BCUT2D eigenvalue weighted by Crippen LogP contribution is 2.13. The summed E-state index contributed by atoms with van der Waals surface area (Å²) in [6.45, 7) is 0.435. The minimum Gasteiger partial charge on any atom is -0.377 e. The van der Waals surface area contributed by atoms with Gasteiger partial charge < -0.3 is 5.32 Å². The van der Waals surface area contributed by atoms with E-state index in [1.807, 2.05) is 30.3 Å². The Bertz CT molecular complexity index is 327. The maximum Gasteiger partial charge on any atom is 0.176 e. The first-order valence-corrected chi connectivity index (χ1v) is 3.90. The number of benzene rings is 1. The van der Waals surface area contributed by atoms with Crippen LogP contribution in [0.25, 0.3) is 5.70 Å². The second-order valence-corrected chi connectivity index (χ2v) is 2.74. The van der Waals surface area contributed by atoms with Gasteiger partial charge in [-0.2, -0.15) is 0 Å². The number of hydrogen-bond donors (Lipinski definition) is 1. The van der Waals surface area contributed by atoms with Crippen LogP contribution in [0.3, 0.4) is 0 Å².